The van der Waals surface area contributed by atoms with E-state index in [4.69, 9.17) is 4.74 Å². The first-order chi connectivity index (χ1) is 11.9. The van der Waals surface area contributed by atoms with Gasteiger partial charge in [0, 0.05) is 16.6 Å². The van der Waals surface area contributed by atoms with Crippen LogP contribution < -0.4 is 5.32 Å². The molecule has 1 N–H and O–H groups in total. The average Bonchev–Trinajstić information content (AvgIpc) is 2.55. The molecule has 0 bridgehead atoms. The highest BCUT2D eigenvalue weighted by Crippen LogP contribution is 2.31. The average molecular weight is 355 g/mol. The van der Waals surface area contributed by atoms with Crippen LogP contribution in [0.25, 0.3) is 0 Å². The van der Waals surface area contributed by atoms with E-state index in [0.29, 0.717) is 17.2 Å². The fourth-order valence-corrected chi connectivity index (χ4v) is 3.72. The molecule has 0 radical (unpaired) electrons. The molecule has 25 heavy (non-hydrogen) atoms. The summed E-state index contributed by atoms with van der Waals surface area (Å²) < 4.78 is 5.35. The number of aryl methyl sites for hydroxylation is 1. The van der Waals surface area contributed by atoms with Gasteiger partial charge >= 0.3 is 5.97 Å². The number of hydrogen-bond donors (Lipinski definition) is 1. The number of carbonyl (C=O) groups is 2. The first-order valence-electron chi connectivity index (χ1n) is 8.31. The van der Waals surface area contributed by atoms with Crippen LogP contribution in [0.2, 0.25) is 0 Å². The molecule has 130 valence electrons. The fourth-order valence-electron chi connectivity index (χ4n) is 2.81. The second-order valence-corrected chi connectivity index (χ2v) is 8.03. The van der Waals surface area contributed by atoms with Crippen LogP contribution in [0, 0.1) is 6.92 Å². The van der Waals surface area contributed by atoms with Crippen molar-refractivity contribution in [1.29, 1.82) is 0 Å². The Bertz CT molecular complexity index is 816. The number of carbonyl (C=O) groups excluding carboxylic acids is 2. The van der Waals surface area contributed by atoms with Gasteiger partial charge in [0.05, 0.1) is 11.3 Å². The Morgan fingerprint density at radius 3 is 2.76 bits per heavy atom. The van der Waals surface area contributed by atoms with Gasteiger partial charge in [0.2, 0.25) is 0 Å². The van der Waals surface area contributed by atoms with Crippen molar-refractivity contribution in [2.24, 2.45) is 0 Å². The van der Waals surface area contributed by atoms with Gasteiger partial charge in [-0.05, 0) is 30.7 Å². The first-order valence-corrected chi connectivity index (χ1v) is 9.19. The number of esters is 1. The SMILES string of the molecule is Cc1ccc2c(c1)CC(C(=O)Nc1ccccc1SC(C)C)OC2=O. The van der Waals surface area contributed by atoms with E-state index in [1.54, 1.807) is 17.8 Å². The summed E-state index contributed by atoms with van der Waals surface area (Å²) in [4.78, 5) is 25.8. The molecule has 0 saturated carbocycles. The number of rotatable bonds is 4. The monoisotopic (exact) mass is 355 g/mol. The number of cyclic esters (lactones) is 1. The summed E-state index contributed by atoms with van der Waals surface area (Å²) in [6.45, 7) is 6.17. The zero-order valence-electron chi connectivity index (χ0n) is 14.5. The highest BCUT2D eigenvalue weighted by molar-refractivity contribution is 8.00. The molecule has 3 rings (SSSR count). The van der Waals surface area contributed by atoms with Crippen LogP contribution in [-0.4, -0.2) is 23.2 Å². The summed E-state index contributed by atoms with van der Waals surface area (Å²) in [5.41, 5.74) is 3.22. The molecule has 0 aromatic heterocycles. The van der Waals surface area contributed by atoms with Crippen molar-refractivity contribution in [3.63, 3.8) is 0 Å². The van der Waals surface area contributed by atoms with Crippen LogP contribution in [-0.2, 0) is 16.0 Å². The molecule has 1 unspecified atom stereocenters. The van der Waals surface area contributed by atoms with Gasteiger partial charge in [-0.15, -0.1) is 11.8 Å². The number of anilines is 1. The Morgan fingerprint density at radius 2 is 2.00 bits per heavy atom. The maximum Gasteiger partial charge on any atom is 0.339 e. The number of fused-ring (bicyclic) bond motifs is 1. The summed E-state index contributed by atoms with van der Waals surface area (Å²) >= 11 is 1.68. The molecular weight excluding hydrogens is 334 g/mol. The summed E-state index contributed by atoms with van der Waals surface area (Å²) in [6.07, 6.45) is -0.410. The summed E-state index contributed by atoms with van der Waals surface area (Å²) in [6, 6.07) is 13.2. The van der Waals surface area contributed by atoms with Gasteiger partial charge in [0.1, 0.15) is 0 Å². The molecule has 1 amide bonds. The van der Waals surface area contributed by atoms with Crippen molar-refractivity contribution < 1.29 is 14.3 Å². The molecule has 2 aromatic rings. The molecule has 5 heteroatoms. The molecule has 0 spiro atoms. The number of nitrogens with one attached hydrogen (secondary N) is 1. The molecule has 1 atom stereocenters. The van der Waals surface area contributed by atoms with Gasteiger partial charge in [-0.3, -0.25) is 4.79 Å². The lowest BCUT2D eigenvalue weighted by Crippen LogP contribution is -2.38. The Hall–Kier alpha value is -2.27. The molecule has 2 aromatic carbocycles. The number of benzene rings is 2. The predicted molar refractivity (Wildman–Crippen MR) is 100 cm³/mol. The molecular formula is C20H21NO3S. The second-order valence-electron chi connectivity index (χ2n) is 6.41. The zero-order valence-corrected chi connectivity index (χ0v) is 15.4. The van der Waals surface area contributed by atoms with Crippen molar-refractivity contribution >= 4 is 29.3 Å². The summed E-state index contributed by atoms with van der Waals surface area (Å²) in [5, 5.41) is 3.32. The smallest absolute Gasteiger partial charge is 0.339 e. The maximum absolute atomic E-state index is 12.6. The van der Waals surface area contributed by atoms with Gasteiger partial charge in [-0.1, -0.05) is 43.7 Å². The normalized spacial score (nSPS) is 16.3. The number of thioether (sulfide) groups is 1. The van der Waals surface area contributed by atoms with Crippen LogP contribution in [0.4, 0.5) is 5.69 Å². The number of ether oxygens (including phenoxy) is 1. The second kappa shape index (κ2) is 7.31. The van der Waals surface area contributed by atoms with Crippen LogP contribution >= 0.6 is 11.8 Å². The fraction of sp³-hybridized carbons (Fsp3) is 0.300. The van der Waals surface area contributed by atoms with E-state index < -0.39 is 12.1 Å². The van der Waals surface area contributed by atoms with E-state index in [1.807, 2.05) is 43.3 Å². The minimum atomic E-state index is -0.807. The highest BCUT2D eigenvalue weighted by atomic mass is 32.2. The van der Waals surface area contributed by atoms with Crippen LogP contribution in [0.1, 0.15) is 35.3 Å². The molecule has 0 saturated heterocycles. The van der Waals surface area contributed by atoms with Crippen LogP contribution in [0.15, 0.2) is 47.4 Å². The zero-order chi connectivity index (χ0) is 18.0. The largest absolute Gasteiger partial charge is 0.448 e. The van der Waals surface area contributed by atoms with Gasteiger partial charge in [0.15, 0.2) is 6.10 Å². The van der Waals surface area contributed by atoms with E-state index in [9.17, 15) is 9.59 Å². The van der Waals surface area contributed by atoms with Crippen LogP contribution in [0.3, 0.4) is 0 Å². The minimum Gasteiger partial charge on any atom is -0.448 e. The van der Waals surface area contributed by atoms with E-state index in [-0.39, 0.29) is 5.91 Å². The lowest BCUT2D eigenvalue weighted by molar-refractivity contribution is -0.125. The quantitative estimate of drug-likeness (QED) is 0.659. The number of amides is 1. The topological polar surface area (TPSA) is 55.4 Å². The third kappa shape index (κ3) is 4.04. The van der Waals surface area contributed by atoms with E-state index in [1.165, 1.54) is 0 Å². The minimum absolute atomic E-state index is 0.294. The highest BCUT2D eigenvalue weighted by Gasteiger charge is 2.31. The van der Waals surface area contributed by atoms with E-state index in [0.717, 1.165) is 21.7 Å². The Balaban J connectivity index is 1.78. The molecule has 1 heterocycles. The third-order valence-electron chi connectivity index (χ3n) is 3.94. The molecule has 0 fully saturated rings. The Labute approximate surface area is 152 Å². The van der Waals surface area contributed by atoms with Crippen molar-refractivity contribution in [3.05, 3.63) is 59.2 Å². The molecule has 4 nitrogen and oxygen atoms in total. The molecule has 1 aliphatic rings. The molecule has 0 aliphatic carbocycles. The Kier molecular flexibility index (Phi) is 5.13. The lowest BCUT2D eigenvalue weighted by Gasteiger charge is -2.24. The van der Waals surface area contributed by atoms with Crippen molar-refractivity contribution in [2.45, 2.75) is 43.4 Å². The molecule has 1 aliphatic heterocycles. The summed E-state index contributed by atoms with van der Waals surface area (Å²) in [7, 11) is 0. The number of para-hydroxylation sites is 1. The summed E-state index contributed by atoms with van der Waals surface area (Å²) in [5.74, 6) is -0.733. The van der Waals surface area contributed by atoms with Crippen molar-refractivity contribution in [1.82, 2.24) is 0 Å². The van der Waals surface area contributed by atoms with Gasteiger partial charge in [-0.25, -0.2) is 4.79 Å². The first kappa shape index (κ1) is 17.5. The maximum atomic E-state index is 12.6. The standard InChI is InChI=1S/C20H21NO3S/c1-12(2)25-18-7-5-4-6-16(18)21-19(22)17-11-14-10-13(3)8-9-15(14)20(23)24-17/h4-10,12,17H,11H2,1-3H3,(H,21,22). The third-order valence-corrected chi connectivity index (χ3v) is 5.02. The van der Waals surface area contributed by atoms with Crippen molar-refractivity contribution in [3.8, 4) is 0 Å². The van der Waals surface area contributed by atoms with Gasteiger partial charge < -0.3 is 10.1 Å². The predicted octanol–water partition coefficient (Wildman–Crippen LogP) is 4.22. The lowest BCUT2D eigenvalue weighted by atomic mass is 9.96. The van der Waals surface area contributed by atoms with E-state index >= 15 is 0 Å². The number of hydrogen-bond acceptors (Lipinski definition) is 4. The van der Waals surface area contributed by atoms with E-state index in [2.05, 4.69) is 19.2 Å². The van der Waals surface area contributed by atoms with Gasteiger partial charge in [0.25, 0.3) is 5.91 Å². The van der Waals surface area contributed by atoms with Crippen molar-refractivity contribution in [2.75, 3.05) is 5.32 Å². The van der Waals surface area contributed by atoms with Crippen LogP contribution in [0.5, 0.6) is 0 Å². The Morgan fingerprint density at radius 1 is 1.24 bits per heavy atom. The van der Waals surface area contributed by atoms with Gasteiger partial charge in [-0.2, -0.15) is 0 Å².